The van der Waals surface area contributed by atoms with Crippen LogP contribution in [0.1, 0.15) is 35.2 Å². The molecule has 21 heavy (non-hydrogen) atoms. The highest BCUT2D eigenvalue weighted by Crippen LogP contribution is 2.58. The van der Waals surface area contributed by atoms with E-state index in [0.717, 1.165) is 16.7 Å². The first-order valence-electron chi connectivity index (χ1n) is 7.60. The fourth-order valence-electron chi connectivity index (χ4n) is 4.54. The molecule has 0 N–H and O–H groups in total. The summed E-state index contributed by atoms with van der Waals surface area (Å²) >= 11 is 0. The summed E-state index contributed by atoms with van der Waals surface area (Å²) in [5, 5.41) is 0. The highest BCUT2D eigenvalue weighted by atomic mass is 16.5. The Morgan fingerprint density at radius 3 is 2.62 bits per heavy atom. The Bertz CT molecular complexity index is 734. The molecule has 2 nitrogen and oxygen atoms in total. The lowest BCUT2D eigenvalue weighted by atomic mass is 9.79. The highest BCUT2D eigenvalue weighted by molar-refractivity contribution is 5.53. The number of likely N-dealkylation sites (N-methyl/N-ethyl adjacent to an activating group) is 1. The molecule has 0 spiro atoms. The van der Waals surface area contributed by atoms with Crippen molar-refractivity contribution >= 4 is 0 Å². The van der Waals surface area contributed by atoms with Gasteiger partial charge in [-0.25, -0.2) is 0 Å². The van der Waals surface area contributed by atoms with Crippen LogP contribution < -0.4 is 4.74 Å². The highest BCUT2D eigenvalue weighted by Gasteiger charge is 2.60. The lowest BCUT2D eigenvalue weighted by Crippen LogP contribution is -2.56. The monoisotopic (exact) mass is 280 g/mol. The van der Waals surface area contributed by atoms with Crippen molar-refractivity contribution in [2.24, 2.45) is 0 Å². The lowest BCUT2D eigenvalue weighted by Gasteiger charge is -2.49. The number of nitrogens with zero attached hydrogens (tertiary/aromatic N) is 1. The van der Waals surface area contributed by atoms with Gasteiger partial charge in [0.25, 0.3) is 0 Å². The molecule has 4 rings (SSSR count). The van der Waals surface area contributed by atoms with Crippen molar-refractivity contribution in [3.8, 4) is 5.75 Å². The van der Waals surface area contributed by atoms with Crippen LogP contribution in [0.15, 0.2) is 42.5 Å². The number of ether oxygens (including phenoxy) is 1. The van der Waals surface area contributed by atoms with Crippen LogP contribution in [0.3, 0.4) is 0 Å². The number of fused-ring (bicyclic) bond motifs is 7. The number of rotatable bonds is 1. The second-order valence-electron chi connectivity index (χ2n) is 6.94. The Morgan fingerprint density at radius 2 is 1.86 bits per heavy atom. The number of quaternary nitrogens is 1. The average Bonchev–Trinajstić information content (AvgIpc) is 2.60. The van der Waals surface area contributed by atoms with Gasteiger partial charge in [-0.05, 0) is 30.7 Å². The van der Waals surface area contributed by atoms with Gasteiger partial charge < -0.3 is 9.22 Å². The topological polar surface area (TPSA) is 9.23 Å². The predicted molar refractivity (Wildman–Crippen MR) is 84.4 cm³/mol. The summed E-state index contributed by atoms with van der Waals surface area (Å²) in [5.74, 6) is 0.966. The number of hydrogen-bond acceptors (Lipinski definition) is 1. The number of benzene rings is 2. The largest absolute Gasteiger partial charge is 0.497 e. The molecular formula is C19H22NO+. The maximum absolute atomic E-state index is 5.43. The molecule has 2 heterocycles. The van der Waals surface area contributed by atoms with E-state index in [1.165, 1.54) is 22.3 Å². The first kappa shape index (κ1) is 12.9. The van der Waals surface area contributed by atoms with Crippen molar-refractivity contribution in [2.45, 2.75) is 24.9 Å². The SMILES string of the molecule is COc1ccc2c(c1)C[C@@H]1c3ccccc3[C@@]2(C)[N+]1(C)C. The maximum Gasteiger partial charge on any atom is 0.148 e. The minimum atomic E-state index is 0.0289. The molecule has 0 aromatic heterocycles. The van der Waals surface area contributed by atoms with Crippen molar-refractivity contribution < 1.29 is 9.22 Å². The third-order valence-corrected chi connectivity index (χ3v) is 6.03. The van der Waals surface area contributed by atoms with E-state index in [1.54, 1.807) is 7.11 Å². The summed E-state index contributed by atoms with van der Waals surface area (Å²) < 4.78 is 6.43. The second kappa shape index (κ2) is 3.89. The van der Waals surface area contributed by atoms with Crippen molar-refractivity contribution in [1.29, 1.82) is 0 Å². The van der Waals surface area contributed by atoms with Crippen molar-refractivity contribution in [3.63, 3.8) is 0 Å². The summed E-state index contributed by atoms with van der Waals surface area (Å²) in [4.78, 5) is 0. The molecule has 108 valence electrons. The minimum Gasteiger partial charge on any atom is -0.497 e. The predicted octanol–water partition coefficient (Wildman–Crippen LogP) is 3.65. The molecule has 2 aromatic rings. The number of hydrogen-bond donors (Lipinski definition) is 0. The Balaban J connectivity index is 2.04. The molecule has 2 heteroatoms. The summed E-state index contributed by atoms with van der Waals surface area (Å²) in [7, 11) is 6.49. The van der Waals surface area contributed by atoms with Crippen LogP contribution in [-0.4, -0.2) is 25.7 Å². The van der Waals surface area contributed by atoms with Gasteiger partial charge in [0, 0.05) is 23.1 Å². The molecule has 0 radical (unpaired) electrons. The fraction of sp³-hybridized carbons (Fsp3) is 0.368. The summed E-state index contributed by atoms with van der Waals surface area (Å²) in [6.07, 6.45) is 1.09. The zero-order chi connectivity index (χ0) is 14.8. The molecule has 2 aromatic carbocycles. The number of methoxy groups -OCH3 is 1. The van der Waals surface area contributed by atoms with E-state index < -0.39 is 0 Å². The Kier molecular flexibility index (Phi) is 2.39. The molecule has 0 unspecified atom stereocenters. The first-order valence-corrected chi connectivity index (χ1v) is 7.60. The van der Waals surface area contributed by atoms with Gasteiger partial charge in [0.05, 0.1) is 21.2 Å². The minimum absolute atomic E-state index is 0.0289. The van der Waals surface area contributed by atoms with E-state index in [1.807, 2.05) is 0 Å². The molecule has 0 aliphatic carbocycles. The van der Waals surface area contributed by atoms with E-state index in [0.29, 0.717) is 6.04 Å². The summed E-state index contributed by atoms with van der Waals surface area (Å²) in [6, 6.07) is 16.1. The molecule has 2 aliphatic heterocycles. The molecule has 0 amide bonds. The molecular weight excluding hydrogens is 258 g/mol. The van der Waals surface area contributed by atoms with E-state index >= 15 is 0 Å². The van der Waals surface area contributed by atoms with Crippen molar-refractivity contribution in [3.05, 3.63) is 64.7 Å². The van der Waals surface area contributed by atoms with Crippen LogP contribution in [0.4, 0.5) is 0 Å². The Labute approximate surface area is 126 Å². The van der Waals surface area contributed by atoms with Crippen LogP contribution in [0.5, 0.6) is 5.75 Å². The van der Waals surface area contributed by atoms with Crippen LogP contribution in [-0.2, 0) is 12.0 Å². The molecule has 2 aliphatic rings. The summed E-state index contributed by atoms with van der Waals surface area (Å²) in [6.45, 7) is 2.40. The van der Waals surface area contributed by atoms with E-state index in [-0.39, 0.29) is 5.54 Å². The van der Waals surface area contributed by atoms with Gasteiger partial charge in [-0.15, -0.1) is 0 Å². The van der Waals surface area contributed by atoms with Gasteiger partial charge >= 0.3 is 0 Å². The lowest BCUT2D eigenvalue weighted by molar-refractivity contribution is -0.964. The second-order valence-corrected chi connectivity index (χ2v) is 6.94. The third kappa shape index (κ3) is 1.36. The van der Waals surface area contributed by atoms with Crippen molar-refractivity contribution in [1.82, 2.24) is 0 Å². The van der Waals surface area contributed by atoms with E-state index in [4.69, 9.17) is 4.74 Å². The Morgan fingerprint density at radius 1 is 1.10 bits per heavy atom. The van der Waals surface area contributed by atoms with Gasteiger partial charge in [0.15, 0.2) is 0 Å². The van der Waals surface area contributed by atoms with E-state index in [2.05, 4.69) is 63.5 Å². The van der Waals surface area contributed by atoms with Gasteiger partial charge in [-0.3, -0.25) is 0 Å². The van der Waals surface area contributed by atoms with Gasteiger partial charge in [-0.1, -0.05) is 24.3 Å². The third-order valence-electron chi connectivity index (χ3n) is 6.03. The van der Waals surface area contributed by atoms with Gasteiger partial charge in [0.2, 0.25) is 0 Å². The van der Waals surface area contributed by atoms with Crippen LogP contribution in [0, 0.1) is 0 Å². The van der Waals surface area contributed by atoms with Gasteiger partial charge in [-0.2, -0.15) is 0 Å². The quantitative estimate of drug-likeness (QED) is 0.725. The van der Waals surface area contributed by atoms with Crippen LogP contribution >= 0.6 is 0 Å². The fourth-order valence-corrected chi connectivity index (χ4v) is 4.54. The molecule has 2 bridgehead atoms. The Hall–Kier alpha value is -1.80. The summed E-state index contributed by atoms with van der Waals surface area (Å²) in [5.41, 5.74) is 5.93. The molecule has 0 saturated carbocycles. The maximum atomic E-state index is 5.43. The molecule has 0 fully saturated rings. The zero-order valence-electron chi connectivity index (χ0n) is 13.2. The van der Waals surface area contributed by atoms with Crippen molar-refractivity contribution in [2.75, 3.05) is 21.2 Å². The smallest absolute Gasteiger partial charge is 0.148 e. The van der Waals surface area contributed by atoms with E-state index in [9.17, 15) is 0 Å². The van der Waals surface area contributed by atoms with Gasteiger partial charge in [0.1, 0.15) is 17.3 Å². The average molecular weight is 280 g/mol. The normalized spacial score (nSPS) is 27.9. The first-order chi connectivity index (χ1) is 10.00. The zero-order valence-corrected chi connectivity index (χ0v) is 13.2. The standard InChI is InChI=1S/C19H22NO/c1-19-16-10-9-14(21-4)11-13(16)12-18(20(19,2)3)15-7-5-6-8-17(15)19/h5-11,18H,12H2,1-4H3/q+1/t18-,19+/m1/s1. The van der Waals surface area contributed by atoms with Crippen LogP contribution in [0.25, 0.3) is 0 Å². The molecule has 0 saturated heterocycles. The van der Waals surface area contributed by atoms with Crippen LogP contribution in [0.2, 0.25) is 0 Å². The molecule has 2 atom stereocenters.